The van der Waals surface area contributed by atoms with Crippen LogP contribution in [0.15, 0.2) is 11.6 Å². The predicted molar refractivity (Wildman–Crippen MR) is 250 cm³/mol. The summed E-state index contributed by atoms with van der Waals surface area (Å²) in [6.45, 7) is 8.32. The summed E-state index contributed by atoms with van der Waals surface area (Å²) in [5.41, 5.74) is 1.11. The minimum atomic E-state index is -1.84. The molecular weight excluding hydrogens is 981 g/mol. The highest BCUT2D eigenvalue weighted by atomic mass is 16.8. The predicted octanol–water partition coefficient (Wildman–Crippen LogP) is -3.01. The van der Waals surface area contributed by atoms with Gasteiger partial charge in [0.25, 0.3) is 0 Å². The van der Waals surface area contributed by atoms with Crippen molar-refractivity contribution in [1.29, 1.82) is 0 Å². The molecule has 23 heteroatoms. The molecule has 5 saturated heterocycles. The molecule has 426 valence electrons. The van der Waals surface area contributed by atoms with E-state index in [0.717, 1.165) is 32.1 Å². The first-order valence-corrected chi connectivity index (χ1v) is 26.9. The van der Waals surface area contributed by atoms with E-state index in [0.29, 0.717) is 43.4 Å². The van der Waals surface area contributed by atoms with Crippen molar-refractivity contribution in [2.24, 2.45) is 46.3 Å². The highest BCUT2D eigenvalue weighted by Gasteiger charge is 2.68. The van der Waals surface area contributed by atoms with E-state index in [9.17, 15) is 71.5 Å². The molecule has 74 heavy (non-hydrogen) atoms. The third-order valence-electron chi connectivity index (χ3n) is 19.5. The van der Waals surface area contributed by atoms with Gasteiger partial charge in [0.05, 0.1) is 44.7 Å². The standard InChI is InChI=1S/C51H84O23/c1-20(19-66-45-40(62)37(59)34(56)29(16-52)69-45)8-13-51(65)21(2)32-28(74-51)15-27-25-7-6-23-14-24(9-11-49(23,4)26(25)10-12-50(27,32)5)68-47-42(64)39(61)43(31(18-54)71-47)72-48-44(38(60)35(57)30(17-53)70-48)73-46-41(63)36(58)33(55)22(3)67-46/h6,20-22,24-48,52-65H,7-19H2,1-5H3/t20-,21-,22-,24-,25?,26?,27?,28?,29+,30+,31+,32?,33-,34+,35+,36+,37-,38-,39+,40+,41+,42+,43+,44+,45+,46-,47+,48-,49-,50-,51?/m0/s1. The number of allylic oxidation sites excluding steroid dienone is 1. The lowest BCUT2D eigenvalue weighted by Gasteiger charge is -2.58. The topological polar surface area (TPSA) is 366 Å². The highest BCUT2D eigenvalue weighted by Crippen LogP contribution is 2.70. The number of aliphatic hydroxyl groups is 14. The molecule has 0 radical (unpaired) electrons. The smallest absolute Gasteiger partial charge is 0.187 e. The van der Waals surface area contributed by atoms with Gasteiger partial charge in [-0.05, 0) is 98.7 Å². The number of rotatable bonds is 15. The monoisotopic (exact) mass is 1060 g/mol. The third-order valence-corrected chi connectivity index (χ3v) is 19.5. The minimum absolute atomic E-state index is 0.0482. The maximum absolute atomic E-state index is 12.1. The van der Waals surface area contributed by atoms with Crippen molar-refractivity contribution < 1.29 is 114 Å². The zero-order valence-corrected chi connectivity index (χ0v) is 42.9. The lowest BCUT2D eigenvalue weighted by Crippen LogP contribution is -2.66. The summed E-state index contributed by atoms with van der Waals surface area (Å²) >= 11 is 0. The molecule has 0 bridgehead atoms. The Morgan fingerprint density at radius 2 is 1.22 bits per heavy atom. The maximum atomic E-state index is 12.1. The molecule has 31 atom stereocenters. The van der Waals surface area contributed by atoms with Crippen LogP contribution in [0, 0.1) is 46.3 Å². The van der Waals surface area contributed by atoms with Crippen LogP contribution < -0.4 is 0 Å². The molecule has 0 spiro atoms. The van der Waals surface area contributed by atoms with Gasteiger partial charge in [0.2, 0.25) is 0 Å². The summed E-state index contributed by atoms with van der Waals surface area (Å²) in [5, 5.41) is 149. The van der Waals surface area contributed by atoms with Crippen LogP contribution in [0.4, 0.5) is 0 Å². The number of fused-ring (bicyclic) bond motifs is 7. The average molecular weight is 1070 g/mol. The molecule has 5 aliphatic heterocycles. The molecule has 9 aliphatic rings. The van der Waals surface area contributed by atoms with Crippen LogP contribution in [0.3, 0.4) is 0 Å². The van der Waals surface area contributed by atoms with Crippen LogP contribution in [-0.2, 0) is 42.6 Å². The zero-order valence-electron chi connectivity index (χ0n) is 42.9. The molecule has 5 heterocycles. The van der Waals surface area contributed by atoms with Crippen molar-refractivity contribution in [1.82, 2.24) is 0 Å². The summed E-state index contributed by atoms with van der Waals surface area (Å²) in [6.07, 6.45) is -22.0. The molecule has 0 aromatic heterocycles. The highest BCUT2D eigenvalue weighted by molar-refractivity contribution is 5.26. The van der Waals surface area contributed by atoms with E-state index in [-0.39, 0.29) is 41.3 Å². The lowest BCUT2D eigenvalue weighted by molar-refractivity contribution is -0.388. The zero-order chi connectivity index (χ0) is 53.5. The number of ether oxygens (including phenoxy) is 9. The summed E-state index contributed by atoms with van der Waals surface area (Å²) in [4.78, 5) is 0. The molecule has 23 nitrogen and oxygen atoms in total. The molecule has 14 N–H and O–H groups in total. The SMILES string of the molecule is C[C@@H](CCC1(O)OC2CC3C4CC=C5C[C@@H](O[C@@H]6O[C@H](CO)[C@@H](O[C@@H]7O[C@H](CO)[C@@H](O)[C@H](O)[C@H]7O[C@@H]7O[C@@H](C)[C@H](O)[C@@H](O)[C@H]7O)[C@H](O)[C@H]6O)CC[C@]5(C)C4CC[C@]3(C)C2[C@@H]1C)CO[C@@H]1O[C@H](CO)[C@@H](O)[C@H](O)[C@H]1O. The Balaban J connectivity index is 0.797. The fourth-order valence-electron chi connectivity index (χ4n) is 15.0. The van der Waals surface area contributed by atoms with Crippen LogP contribution in [0.2, 0.25) is 0 Å². The third kappa shape index (κ3) is 10.2. The molecule has 6 unspecified atom stereocenters. The van der Waals surface area contributed by atoms with Crippen molar-refractivity contribution in [2.75, 3.05) is 26.4 Å². The van der Waals surface area contributed by atoms with E-state index in [1.54, 1.807) is 0 Å². The van der Waals surface area contributed by atoms with Gasteiger partial charge in [-0.3, -0.25) is 0 Å². The Labute approximate surface area is 430 Å². The van der Waals surface area contributed by atoms with Crippen molar-refractivity contribution in [2.45, 2.75) is 233 Å². The van der Waals surface area contributed by atoms with Gasteiger partial charge in [-0.2, -0.15) is 0 Å². The molecule has 0 aromatic rings. The van der Waals surface area contributed by atoms with Crippen molar-refractivity contribution >= 4 is 0 Å². The molecule has 8 fully saturated rings. The van der Waals surface area contributed by atoms with E-state index in [1.807, 2.05) is 6.92 Å². The Kier molecular flexibility index (Phi) is 17.4. The Morgan fingerprint density at radius 3 is 1.91 bits per heavy atom. The molecule has 0 amide bonds. The second-order valence-corrected chi connectivity index (χ2v) is 23.8. The van der Waals surface area contributed by atoms with Crippen LogP contribution in [-0.4, -0.2) is 239 Å². The van der Waals surface area contributed by atoms with E-state index in [2.05, 4.69) is 26.8 Å². The van der Waals surface area contributed by atoms with Gasteiger partial charge in [0.1, 0.15) is 91.6 Å². The summed E-state index contributed by atoms with van der Waals surface area (Å²) in [5.74, 6) is -0.167. The Bertz CT molecular complexity index is 1920. The number of aliphatic hydroxyl groups excluding tert-OH is 13. The van der Waals surface area contributed by atoms with E-state index >= 15 is 0 Å². The minimum Gasteiger partial charge on any atom is -0.394 e. The van der Waals surface area contributed by atoms with Gasteiger partial charge in [-0.25, -0.2) is 0 Å². The fraction of sp³-hybridized carbons (Fsp3) is 0.961. The van der Waals surface area contributed by atoms with Crippen LogP contribution in [0.25, 0.3) is 0 Å². The fourth-order valence-corrected chi connectivity index (χ4v) is 15.0. The lowest BCUT2D eigenvalue weighted by atomic mass is 9.47. The van der Waals surface area contributed by atoms with Gasteiger partial charge in [-0.1, -0.05) is 39.3 Å². The number of hydrogen-bond donors (Lipinski definition) is 14. The van der Waals surface area contributed by atoms with Gasteiger partial charge < -0.3 is 114 Å². The second-order valence-electron chi connectivity index (χ2n) is 23.8. The second kappa shape index (κ2) is 22.4. The van der Waals surface area contributed by atoms with Gasteiger partial charge in [0, 0.05) is 12.3 Å². The van der Waals surface area contributed by atoms with E-state index < -0.39 is 155 Å². The molecule has 9 rings (SSSR count). The van der Waals surface area contributed by atoms with Gasteiger partial charge in [-0.15, -0.1) is 0 Å². The molecule has 3 saturated carbocycles. The first-order chi connectivity index (χ1) is 35.0. The molecule has 0 aromatic carbocycles. The summed E-state index contributed by atoms with van der Waals surface area (Å²) < 4.78 is 53.6. The van der Waals surface area contributed by atoms with Gasteiger partial charge in [0.15, 0.2) is 30.9 Å². The van der Waals surface area contributed by atoms with Crippen LogP contribution in [0.1, 0.15) is 92.4 Å². The Morgan fingerprint density at radius 1 is 0.635 bits per heavy atom. The number of hydrogen-bond acceptors (Lipinski definition) is 23. The average Bonchev–Trinajstić information content (AvgIpc) is 3.83. The van der Waals surface area contributed by atoms with Crippen molar-refractivity contribution in [3.63, 3.8) is 0 Å². The quantitative estimate of drug-likeness (QED) is 0.0727. The van der Waals surface area contributed by atoms with Crippen LogP contribution >= 0.6 is 0 Å². The van der Waals surface area contributed by atoms with E-state index in [4.69, 9.17) is 42.6 Å². The summed E-state index contributed by atoms with van der Waals surface area (Å²) in [7, 11) is 0. The van der Waals surface area contributed by atoms with Crippen molar-refractivity contribution in [3.8, 4) is 0 Å². The van der Waals surface area contributed by atoms with E-state index in [1.165, 1.54) is 12.5 Å². The first-order valence-electron chi connectivity index (χ1n) is 26.9. The normalized spacial score (nSPS) is 54.9. The van der Waals surface area contributed by atoms with Crippen LogP contribution in [0.5, 0.6) is 0 Å². The first kappa shape index (κ1) is 57.5. The Hall–Kier alpha value is -1.18. The largest absolute Gasteiger partial charge is 0.394 e. The van der Waals surface area contributed by atoms with Gasteiger partial charge >= 0.3 is 0 Å². The van der Waals surface area contributed by atoms with Crippen molar-refractivity contribution in [3.05, 3.63) is 11.6 Å². The maximum Gasteiger partial charge on any atom is 0.187 e. The molecule has 4 aliphatic carbocycles. The summed E-state index contributed by atoms with van der Waals surface area (Å²) in [6, 6.07) is 0. The molecular formula is C51H84O23.